The van der Waals surface area contributed by atoms with Crippen LogP contribution in [0.3, 0.4) is 0 Å². The van der Waals surface area contributed by atoms with E-state index in [1.54, 1.807) is 0 Å². The van der Waals surface area contributed by atoms with Gasteiger partial charge in [0.05, 0.1) is 0 Å². The lowest BCUT2D eigenvalue weighted by atomic mass is 10.2. The summed E-state index contributed by atoms with van der Waals surface area (Å²) in [7, 11) is 0. The summed E-state index contributed by atoms with van der Waals surface area (Å²) in [4.78, 5) is 0. The Kier molecular flexibility index (Phi) is 8.19. The first-order valence-corrected chi connectivity index (χ1v) is 5.51. The summed E-state index contributed by atoms with van der Waals surface area (Å²) in [5.74, 6) is 2.04. The minimum atomic E-state index is 0.787. The molecule has 0 aromatic heterocycles. The van der Waals surface area contributed by atoms with E-state index in [1.807, 2.05) is 18.7 Å². The van der Waals surface area contributed by atoms with Crippen molar-refractivity contribution in [3.05, 3.63) is 12.2 Å². The van der Waals surface area contributed by atoms with Gasteiger partial charge in [0, 0.05) is 6.54 Å². The van der Waals surface area contributed by atoms with Crippen LogP contribution in [-0.4, -0.2) is 25.1 Å². The molecule has 66 valence electrons. The number of thioether (sulfide) groups is 1. The summed E-state index contributed by atoms with van der Waals surface area (Å²) >= 11 is 1.92. The first-order chi connectivity index (χ1) is 5.31. The van der Waals surface area contributed by atoms with Gasteiger partial charge in [0.15, 0.2) is 0 Å². The Balaban J connectivity index is 3.10. The molecule has 0 saturated heterocycles. The van der Waals surface area contributed by atoms with E-state index in [0.717, 1.165) is 19.0 Å². The van der Waals surface area contributed by atoms with Gasteiger partial charge in [-0.1, -0.05) is 19.1 Å². The highest BCUT2D eigenvalue weighted by Crippen LogP contribution is 2.01. The molecule has 0 bridgehead atoms. The van der Waals surface area contributed by atoms with Crippen LogP contribution in [0.4, 0.5) is 0 Å². The topological polar surface area (TPSA) is 12.0 Å². The highest BCUT2D eigenvalue weighted by atomic mass is 32.2. The van der Waals surface area contributed by atoms with Crippen molar-refractivity contribution in [2.24, 2.45) is 5.92 Å². The molecule has 1 nitrogen and oxygen atoms in total. The van der Waals surface area contributed by atoms with E-state index < -0.39 is 0 Å². The lowest BCUT2D eigenvalue weighted by Crippen LogP contribution is -2.22. The fourth-order valence-electron chi connectivity index (χ4n) is 0.874. The van der Waals surface area contributed by atoms with Crippen LogP contribution in [0.25, 0.3) is 0 Å². The number of hydrogen-bond acceptors (Lipinski definition) is 2. The zero-order chi connectivity index (χ0) is 8.53. The fourth-order valence-corrected chi connectivity index (χ4v) is 1.56. The van der Waals surface area contributed by atoms with Crippen LogP contribution in [0.5, 0.6) is 0 Å². The number of nitrogens with one attached hydrogen (secondary N) is 1. The summed E-state index contributed by atoms with van der Waals surface area (Å²) in [6.07, 6.45) is 6.38. The second kappa shape index (κ2) is 8.15. The molecule has 0 amide bonds. The molecule has 0 aliphatic carbocycles. The minimum absolute atomic E-state index is 0.787. The maximum absolute atomic E-state index is 3.37. The predicted molar refractivity (Wildman–Crippen MR) is 55.2 cm³/mol. The molecule has 1 atom stereocenters. The third kappa shape index (κ3) is 7.95. The molecule has 11 heavy (non-hydrogen) atoms. The van der Waals surface area contributed by atoms with Gasteiger partial charge in [-0.2, -0.15) is 11.8 Å². The lowest BCUT2D eigenvalue weighted by molar-refractivity contribution is 0.585. The fraction of sp³-hybridized carbons (Fsp3) is 0.778. The van der Waals surface area contributed by atoms with E-state index >= 15 is 0 Å². The molecule has 0 spiro atoms. The second-order valence-corrected chi connectivity index (χ2v) is 3.70. The zero-order valence-corrected chi connectivity index (χ0v) is 8.58. The Morgan fingerprint density at radius 2 is 2.27 bits per heavy atom. The smallest absolute Gasteiger partial charge is 0.0134 e. The molecule has 0 radical (unpaired) electrons. The molecule has 0 heterocycles. The summed E-state index contributed by atoms with van der Waals surface area (Å²) < 4.78 is 0. The van der Waals surface area contributed by atoms with Gasteiger partial charge in [0.1, 0.15) is 0 Å². The van der Waals surface area contributed by atoms with Gasteiger partial charge in [-0.3, -0.25) is 0 Å². The van der Waals surface area contributed by atoms with Gasteiger partial charge in [-0.15, -0.1) is 0 Å². The second-order valence-electron chi connectivity index (χ2n) is 2.79. The van der Waals surface area contributed by atoms with Crippen LogP contribution in [0.15, 0.2) is 12.2 Å². The zero-order valence-electron chi connectivity index (χ0n) is 7.76. The quantitative estimate of drug-likeness (QED) is 0.488. The molecule has 0 aliphatic heterocycles. The van der Waals surface area contributed by atoms with Gasteiger partial charge in [-0.05, 0) is 31.4 Å². The van der Waals surface area contributed by atoms with Crippen molar-refractivity contribution in [3.8, 4) is 0 Å². The van der Waals surface area contributed by atoms with E-state index in [1.165, 1.54) is 5.75 Å². The number of allylic oxidation sites excluding steroid dienone is 1. The molecule has 0 rings (SSSR count). The summed E-state index contributed by atoms with van der Waals surface area (Å²) in [5.41, 5.74) is 0. The van der Waals surface area contributed by atoms with Crippen LogP contribution in [0.1, 0.15) is 13.8 Å². The predicted octanol–water partition coefficient (Wildman–Crippen LogP) is 2.15. The highest BCUT2D eigenvalue weighted by Gasteiger charge is 1.97. The maximum Gasteiger partial charge on any atom is 0.0134 e. The Hall–Kier alpha value is 0.0500. The summed E-state index contributed by atoms with van der Waals surface area (Å²) in [6, 6.07) is 0. The third-order valence-electron chi connectivity index (χ3n) is 1.44. The Morgan fingerprint density at radius 3 is 2.82 bits per heavy atom. The molecule has 0 aromatic carbocycles. The molecule has 0 aromatic rings. The number of hydrogen-bond donors (Lipinski definition) is 1. The van der Waals surface area contributed by atoms with Crippen LogP contribution >= 0.6 is 11.8 Å². The van der Waals surface area contributed by atoms with Crippen molar-refractivity contribution in [2.75, 3.05) is 25.1 Å². The standard InChI is InChI=1S/C9H19NS/c1-4-5-6-10-7-9(2)8-11-3/h4-5,9-10H,6-8H2,1-3H3/b5-4+. The maximum atomic E-state index is 3.37. The van der Waals surface area contributed by atoms with E-state index in [4.69, 9.17) is 0 Å². The molecule has 0 fully saturated rings. The van der Waals surface area contributed by atoms with E-state index in [-0.39, 0.29) is 0 Å². The molecule has 2 heteroatoms. The average molecular weight is 173 g/mol. The van der Waals surface area contributed by atoms with Crippen LogP contribution in [0.2, 0.25) is 0 Å². The van der Waals surface area contributed by atoms with Crippen molar-refractivity contribution >= 4 is 11.8 Å². The van der Waals surface area contributed by atoms with Gasteiger partial charge in [0.2, 0.25) is 0 Å². The van der Waals surface area contributed by atoms with Gasteiger partial charge in [-0.25, -0.2) is 0 Å². The molecule has 0 aliphatic rings. The Morgan fingerprint density at radius 1 is 1.55 bits per heavy atom. The third-order valence-corrected chi connectivity index (χ3v) is 2.34. The SMILES string of the molecule is C/C=C/CNCC(C)CSC. The first-order valence-electron chi connectivity index (χ1n) is 4.12. The van der Waals surface area contributed by atoms with Crippen molar-refractivity contribution in [3.63, 3.8) is 0 Å². The van der Waals surface area contributed by atoms with E-state index in [9.17, 15) is 0 Å². The van der Waals surface area contributed by atoms with Crippen LogP contribution in [0, 0.1) is 5.92 Å². The van der Waals surface area contributed by atoms with Crippen molar-refractivity contribution < 1.29 is 0 Å². The van der Waals surface area contributed by atoms with E-state index in [0.29, 0.717) is 0 Å². The molecule has 0 saturated carbocycles. The van der Waals surface area contributed by atoms with Crippen molar-refractivity contribution in [2.45, 2.75) is 13.8 Å². The Bertz CT molecular complexity index is 102. The minimum Gasteiger partial charge on any atom is -0.313 e. The van der Waals surface area contributed by atoms with Crippen molar-refractivity contribution in [1.82, 2.24) is 5.32 Å². The summed E-state index contributed by atoms with van der Waals surface area (Å²) in [5, 5.41) is 3.37. The summed E-state index contributed by atoms with van der Waals surface area (Å²) in [6.45, 7) is 6.46. The van der Waals surface area contributed by atoms with Crippen LogP contribution in [-0.2, 0) is 0 Å². The van der Waals surface area contributed by atoms with Gasteiger partial charge in [0.25, 0.3) is 0 Å². The van der Waals surface area contributed by atoms with Gasteiger partial charge >= 0.3 is 0 Å². The van der Waals surface area contributed by atoms with Gasteiger partial charge < -0.3 is 5.32 Å². The Labute approximate surface area is 74.6 Å². The lowest BCUT2D eigenvalue weighted by Gasteiger charge is -2.08. The molecule has 1 unspecified atom stereocenters. The molecular weight excluding hydrogens is 154 g/mol. The first kappa shape index (κ1) is 11.1. The van der Waals surface area contributed by atoms with Crippen LogP contribution < -0.4 is 5.32 Å². The number of rotatable bonds is 6. The largest absolute Gasteiger partial charge is 0.313 e. The normalized spacial score (nSPS) is 14.1. The average Bonchev–Trinajstić information content (AvgIpc) is 1.99. The highest BCUT2D eigenvalue weighted by molar-refractivity contribution is 7.98. The molecule has 1 N–H and O–H groups in total. The molecular formula is C9H19NS. The van der Waals surface area contributed by atoms with E-state index in [2.05, 4.69) is 30.6 Å². The van der Waals surface area contributed by atoms with Crippen molar-refractivity contribution in [1.29, 1.82) is 0 Å². The monoisotopic (exact) mass is 173 g/mol.